The summed E-state index contributed by atoms with van der Waals surface area (Å²) < 4.78 is 2.98. The third kappa shape index (κ3) is 2.20. The van der Waals surface area contributed by atoms with E-state index in [2.05, 4.69) is 47.8 Å². The van der Waals surface area contributed by atoms with Gasteiger partial charge in [-0.25, -0.2) is 4.98 Å². The fourth-order valence-electron chi connectivity index (χ4n) is 1.91. The molecule has 2 aromatic rings. The molecule has 3 nitrogen and oxygen atoms in total. The quantitative estimate of drug-likeness (QED) is 0.807. The summed E-state index contributed by atoms with van der Waals surface area (Å²) in [6.45, 7) is 6.35. The first-order chi connectivity index (χ1) is 7.93. The Morgan fingerprint density at radius 2 is 2.12 bits per heavy atom. The van der Waals surface area contributed by atoms with Crippen LogP contribution in [0.2, 0.25) is 0 Å². The minimum atomic E-state index is -0.0509. The number of halogens is 1. The molecular weight excluding hydrogens is 278 g/mol. The van der Waals surface area contributed by atoms with Crippen molar-refractivity contribution in [3.8, 4) is 6.07 Å². The lowest BCUT2D eigenvalue weighted by atomic mass is 9.90. The zero-order valence-electron chi connectivity index (χ0n) is 10.2. The molecule has 0 N–H and O–H groups in total. The first kappa shape index (κ1) is 12.1. The van der Waals surface area contributed by atoms with Crippen LogP contribution < -0.4 is 0 Å². The number of imidazole rings is 1. The van der Waals surface area contributed by atoms with Gasteiger partial charge in [0.05, 0.1) is 23.9 Å². The first-order valence-corrected chi connectivity index (χ1v) is 6.26. The van der Waals surface area contributed by atoms with E-state index in [-0.39, 0.29) is 5.41 Å². The Bertz CT molecular complexity index is 599. The summed E-state index contributed by atoms with van der Waals surface area (Å²) in [7, 11) is 0. The van der Waals surface area contributed by atoms with Gasteiger partial charge in [-0.3, -0.25) is 0 Å². The second kappa shape index (κ2) is 4.15. The number of pyridine rings is 1. The maximum atomic E-state index is 8.95. The Morgan fingerprint density at radius 3 is 2.71 bits per heavy atom. The van der Waals surface area contributed by atoms with Crippen LogP contribution in [0.5, 0.6) is 0 Å². The van der Waals surface area contributed by atoms with E-state index in [1.165, 1.54) is 0 Å². The molecule has 0 aromatic carbocycles. The molecule has 0 spiro atoms. The van der Waals surface area contributed by atoms with Crippen LogP contribution in [0.1, 0.15) is 32.2 Å². The summed E-state index contributed by atoms with van der Waals surface area (Å²) in [6.07, 6.45) is 2.34. The molecule has 0 bridgehead atoms. The van der Waals surface area contributed by atoms with Crippen molar-refractivity contribution in [2.24, 2.45) is 0 Å². The smallest absolute Gasteiger partial charge is 0.137 e. The van der Waals surface area contributed by atoms with Gasteiger partial charge in [-0.1, -0.05) is 20.8 Å². The molecule has 0 saturated heterocycles. The van der Waals surface area contributed by atoms with E-state index in [4.69, 9.17) is 5.26 Å². The van der Waals surface area contributed by atoms with Crippen LogP contribution in [0.15, 0.2) is 22.8 Å². The first-order valence-electron chi connectivity index (χ1n) is 5.47. The normalized spacial score (nSPS) is 11.7. The maximum absolute atomic E-state index is 8.95. The van der Waals surface area contributed by atoms with Gasteiger partial charge >= 0.3 is 0 Å². The van der Waals surface area contributed by atoms with Crippen LogP contribution >= 0.6 is 15.9 Å². The molecule has 17 heavy (non-hydrogen) atoms. The zero-order chi connectivity index (χ0) is 12.6. The van der Waals surface area contributed by atoms with Gasteiger partial charge in [0.1, 0.15) is 5.65 Å². The van der Waals surface area contributed by atoms with E-state index >= 15 is 0 Å². The van der Waals surface area contributed by atoms with Crippen LogP contribution in [0, 0.1) is 11.3 Å². The van der Waals surface area contributed by atoms with Crippen LogP contribution in [-0.2, 0) is 11.8 Å². The van der Waals surface area contributed by atoms with Crippen LogP contribution in [0.3, 0.4) is 0 Å². The van der Waals surface area contributed by atoms with Crippen molar-refractivity contribution < 1.29 is 0 Å². The van der Waals surface area contributed by atoms with Crippen LogP contribution in [0.4, 0.5) is 0 Å². The summed E-state index contributed by atoms with van der Waals surface area (Å²) in [5, 5.41) is 8.95. The van der Waals surface area contributed by atoms with Gasteiger partial charge in [0.15, 0.2) is 0 Å². The van der Waals surface area contributed by atoms with Crippen molar-refractivity contribution in [3.63, 3.8) is 0 Å². The second-order valence-electron chi connectivity index (χ2n) is 5.07. The molecule has 0 radical (unpaired) electrons. The highest BCUT2D eigenvalue weighted by Gasteiger charge is 2.23. The number of nitriles is 1. The van der Waals surface area contributed by atoms with Crippen molar-refractivity contribution in [3.05, 3.63) is 34.2 Å². The van der Waals surface area contributed by atoms with Gasteiger partial charge in [0.25, 0.3) is 0 Å². The molecule has 2 rings (SSSR count). The van der Waals surface area contributed by atoms with Gasteiger partial charge < -0.3 is 4.40 Å². The van der Waals surface area contributed by atoms with Crippen molar-refractivity contribution in [2.45, 2.75) is 32.6 Å². The van der Waals surface area contributed by atoms with E-state index in [1.807, 2.05) is 22.7 Å². The molecule has 2 aromatic heterocycles. The van der Waals surface area contributed by atoms with Crippen LogP contribution in [-0.4, -0.2) is 9.38 Å². The second-order valence-corrected chi connectivity index (χ2v) is 5.98. The van der Waals surface area contributed by atoms with Crippen LogP contribution in [0.25, 0.3) is 5.65 Å². The minimum Gasteiger partial charge on any atom is -0.302 e. The molecule has 0 fully saturated rings. The molecule has 2 heterocycles. The molecule has 0 aliphatic rings. The predicted molar refractivity (Wildman–Crippen MR) is 70.9 cm³/mol. The zero-order valence-corrected chi connectivity index (χ0v) is 11.7. The highest BCUT2D eigenvalue weighted by Crippen LogP contribution is 2.27. The van der Waals surface area contributed by atoms with E-state index in [1.54, 1.807) is 0 Å². The number of fused-ring (bicyclic) bond motifs is 1. The van der Waals surface area contributed by atoms with Gasteiger partial charge in [-0.05, 0) is 28.1 Å². The number of aromatic nitrogens is 2. The minimum absolute atomic E-state index is 0.0509. The summed E-state index contributed by atoms with van der Waals surface area (Å²) in [5.41, 5.74) is 2.82. The number of rotatable bonds is 1. The molecule has 0 saturated carbocycles. The van der Waals surface area contributed by atoms with Gasteiger partial charge in [-0.15, -0.1) is 0 Å². The van der Waals surface area contributed by atoms with E-state index in [9.17, 15) is 0 Å². The van der Waals surface area contributed by atoms with Crippen molar-refractivity contribution >= 4 is 21.6 Å². The summed E-state index contributed by atoms with van der Waals surface area (Å²) >= 11 is 3.45. The summed E-state index contributed by atoms with van der Waals surface area (Å²) in [4.78, 5) is 4.63. The number of hydrogen-bond donors (Lipinski definition) is 0. The number of nitrogens with zero attached hydrogens (tertiary/aromatic N) is 3. The largest absolute Gasteiger partial charge is 0.302 e. The third-order valence-corrected chi connectivity index (χ3v) is 3.11. The topological polar surface area (TPSA) is 41.1 Å². The lowest BCUT2D eigenvalue weighted by molar-refractivity contribution is 0.566. The molecule has 0 atom stereocenters. The molecule has 0 aliphatic heterocycles. The van der Waals surface area contributed by atoms with Gasteiger partial charge in [-0.2, -0.15) is 5.26 Å². The van der Waals surface area contributed by atoms with Crippen molar-refractivity contribution in [1.82, 2.24) is 9.38 Å². The summed E-state index contributed by atoms with van der Waals surface area (Å²) in [5.74, 6) is 0. The maximum Gasteiger partial charge on any atom is 0.137 e. The Balaban J connectivity index is 2.77. The van der Waals surface area contributed by atoms with E-state index in [0.29, 0.717) is 6.42 Å². The number of hydrogen-bond acceptors (Lipinski definition) is 2. The van der Waals surface area contributed by atoms with Crippen molar-refractivity contribution in [1.29, 1.82) is 5.26 Å². The average molecular weight is 292 g/mol. The molecular formula is C13H14BrN3. The third-order valence-electron chi connectivity index (χ3n) is 2.64. The Hall–Kier alpha value is -1.34. The van der Waals surface area contributed by atoms with Gasteiger partial charge in [0, 0.05) is 16.1 Å². The standard InChI is InChI=1S/C13H14BrN3/c1-13(2,3)12-10(6-7-15)17-8-9(14)4-5-11(17)16-12/h4-5,8H,6H2,1-3H3. The lowest BCUT2D eigenvalue weighted by Gasteiger charge is -2.16. The SMILES string of the molecule is CC(C)(C)c1nc2ccc(Br)cn2c1CC#N. The van der Waals surface area contributed by atoms with Crippen molar-refractivity contribution in [2.75, 3.05) is 0 Å². The molecule has 0 amide bonds. The summed E-state index contributed by atoms with van der Waals surface area (Å²) in [6, 6.07) is 6.14. The Labute approximate surface area is 109 Å². The molecule has 0 unspecified atom stereocenters. The monoisotopic (exact) mass is 291 g/mol. The Kier molecular flexibility index (Phi) is 2.96. The van der Waals surface area contributed by atoms with E-state index in [0.717, 1.165) is 21.5 Å². The molecule has 4 heteroatoms. The lowest BCUT2D eigenvalue weighted by Crippen LogP contribution is -2.14. The molecule has 88 valence electrons. The van der Waals surface area contributed by atoms with E-state index < -0.39 is 0 Å². The fourth-order valence-corrected chi connectivity index (χ4v) is 2.25. The highest BCUT2D eigenvalue weighted by molar-refractivity contribution is 9.10. The fraction of sp³-hybridized carbons (Fsp3) is 0.385. The highest BCUT2D eigenvalue weighted by atomic mass is 79.9. The predicted octanol–water partition coefficient (Wildman–Crippen LogP) is 3.46. The average Bonchev–Trinajstić information content (AvgIpc) is 2.57. The van der Waals surface area contributed by atoms with Gasteiger partial charge in [0.2, 0.25) is 0 Å². The molecule has 0 aliphatic carbocycles. The Morgan fingerprint density at radius 1 is 1.41 bits per heavy atom.